The van der Waals surface area contributed by atoms with Gasteiger partial charge in [-0.15, -0.1) is 0 Å². The highest BCUT2D eigenvalue weighted by Crippen LogP contribution is 2.30. The van der Waals surface area contributed by atoms with Crippen molar-refractivity contribution in [2.45, 2.75) is 39.3 Å². The minimum absolute atomic E-state index is 0.161. The van der Waals surface area contributed by atoms with Gasteiger partial charge in [-0.05, 0) is 32.4 Å². The van der Waals surface area contributed by atoms with Crippen molar-refractivity contribution in [3.05, 3.63) is 36.7 Å². The molecule has 0 amide bonds. The molecule has 2 heterocycles. The van der Waals surface area contributed by atoms with Gasteiger partial charge in [-0.2, -0.15) is 9.97 Å². The van der Waals surface area contributed by atoms with Crippen LogP contribution < -0.4 is 10.2 Å². The van der Waals surface area contributed by atoms with E-state index in [0.717, 1.165) is 5.69 Å². The minimum atomic E-state index is -0.934. The molecule has 2 N–H and O–H groups in total. The molecule has 0 aliphatic rings. The number of benzene rings is 1. The Kier molecular flexibility index (Phi) is 5.25. The summed E-state index contributed by atoms with van der Waals surface area (Å²) in [5, 5.41) is 12.3. The smallest absolute Gasteiger partial charge is 0.326 e. The number of nitrogens with zero attached hydrogens (tertiary/aromatic N) is 5. The van der Waals surface area contributed by atoms with Crippen molar-refractivity contribution >= 4 is 34.6 Å². The number of hydrogen-bond donors (Lipinski definition) is 2. The van der Waals surface area contributed by atoms with Crippen LogP contribution in [-0.2, 0) is 4.79 Å². The topological polar surface area (TPSA) is 96.2 Å². The van der Waals surface area contributed by atoms with Gasteiger partial charge in [0, 0.05) is 18.8 Å². The van der Waals surface area contributed by atoms with Gasteiger partial charge in [0.05, 0.1) is 6.33 Å². The molecule has 0 unspecified atom stereocenters. The van der Waals surface area contributed by atoms with Gasteiger partial charge >= 0.3 is 5.97 Å². The maximum absolute atomic E-state index is 11.4. The molecule has 0 saturated heterocycles. The summed E-state index contributed by atoms with van der Waals surface area (Å²) < 4.78 is 1.95. The summed E-state index contributed by atoms with van der Waals surface area (Å²) in [7, 11) is 1.91. The largest absolute Gasteiger partial charge is 0.480 e. The maximum Gasteiger partial charge on any atom is 0.326 e. The fraction of sp³-hybridized carbons (Fsp3) is 0.368. The molecule has 27 heavy (non-hydrogen) atoms. The van der Waals surface area contributed by atoms with Gasteiger partial charge in [0.1, 0.15) is 6.04 Å². The van der Waals surface area contributed by atoms with Crippen molar-refractivity contribution in [2.24, 2.45) is 0 Å². The molecule has 0 saturated carbocycles. The van der Waals surface area contributed by atoms with Crippen LogP contribution in [0.5, 0.6) is 0 Å². The van der Waals surface area contributed by atoms with Crippen LogP contribution in [0.2, 0.25) is 0 Å². The number of nitrogens with one attached hydrogen (secondary N) is 1. The lowest BCUT2D eigenvalue weighted by Gasteiger charge is -2.20. The van der Waals surface area contributed by atoms with Gasteiger partial charge in [0.25, 0.3) is 0 Å². The number of aliphatic carboxylic acids is 1. The zero-order valence-electron chi connectivity index (χ0n) is 15.9. The second-order valence-electron chi connectivity index (χ2n) is 6.63. The van der Waals surface area contributed by atoms with Crippen molar-refractivity contribution in [1.82, 2.24) is 19.5 Å². The molecule has 0 spiro atoms. The first-order valence-electron chi connectivity index (χ1n) is 8.95. The summed E-state index contributed by atoms with van der Waals surface area (Å²) in [6.45, 7) is 5.89. The zero-order valence-corrected chi connectivity index (χ0v) is 15.9. The number of imidazole rings is 1. The quantitative estimate of drug-likeness (QED) is 0.659. The van der Waals surface area contributed by atoms with Crippen LogP contribution >= 0.6 is 0 Å². The van der Waals surface area contributed by atoms with Crippen molar-refractivity contribution in [2.75, 3.05) is 17.3 Å². The Labute approximate surface area is 157 Å². The first-order valence-corrected chi connectivity index (χ1v) is 8.95. The van der Waals surface area contributed by atoms with Crippen LogP contribution in [0.4, 0.5) is 17.5 Å². The molecule has 0 radical (unpaired) electrons. The maximum atomic E-state index is 11.4. The number of anilines is 3. The molecule has 0 aliphatic heterocycles. The van der Waals surface area contributed by atoms with E-state index in [0.29, 0.717) is 23.4 Å². The molecule has 3 rings (SSSR count). The molecule has 142 valence electrons. The van der Waals surface area contributed by atoms with Crippen LogP contribution in [0.15, 0.2) is 36.7 Å². The van der Waals surface area contributed by atoms with E-state index < -0.39 is 12.0 Å². The lowest BCUT2D eigenvalue weighted by molar-refractivity contribution is -0.138. The Hall–Kier alpha value is -3.16. The van der Waals surface area contributed by atoms with E-state index in [1.165, 1.54) is 0 Å². The van der Waals surface area contributed by atoms with Crippen molar-refractivity contribution < 1.29 is 9.90 Å². The highest BCUT2D eigenvalue weighted by Gasteiger charge is 2.21. The lowest BCUT2D eigenvalue weighted by atomic mass is 10.2. The predicted octanol–water partition coefficient (Wildman–Crippen LogP) is 3.45. The summed E-state index contributed by atoms with van der Waals surface area (Å²) in [4.78, 5) is 27.0. The summed E-state index contributed by atoms with van der Waals surface area (Å²) in [6.07, 6.45) is 2.16. The molecule has 8 heteroatoms. The SMILES string of the molecule is CC[C@@H](Nc1nc(N(C)c2ccccc2)c2ncn(C(C)C)c2n1)C(=O)O. The minimum Gasteiger partial charge on any atom is -0.480 e. The van der Waals surface area contributed by atoms with Gasteiger partial charge < -0.3 is 19.9 Å². The number of hydrogen-bond acceptors (Lipinski definition) is 6. The number of fused-ring (bicyclic) bond motifs is 1. The van der Waals surface area contributed by atoms with Gasteiger partial charge in [-0.3, -0.25) is 0 Å². The van der Waals surface area contributed by atoms with Crippen LogP contribution in [0, 0.1) is 0 Å². The van der Waals surface area contributed by atoms with Crippen LogP contribution in [-0.4, -0.2) is 43.7 Å². The van der Waals surface area contributed by atoms with E-state index in [2.05, 4.69) is 20.3 Å². The Balaban J connectivity index is 2.14. The third-order valence-electron chi connectivity index (χ3n) is 4.43. The molecular formula is C19H24N6O2. The number of carboxylic acids is 1. The highest BCUT2D eigenvalue weighted by atomic mass is 16.4. The van der Waals surface area contributed by atoms with Crippen molar-refractivity contribution in [3.63, 3.8) is 0 Å². The first-order chi connectivity index (χ1) is 12.9. The van der Waals surface area contributed by atoms with Crippen LogP contribution in [0.25, 0.3) is 11.2 Å². The molecule has 0 fully saturated rings. The van der Waals surface area contributed by atoms with E-state index in [4.69, 9.17) is 0 Å². The zero-order chi connectivity index (χ0) is 19.6. The monoisotopic (exact) mass is 368 g/mol. The van der Waals surface area contributed by atoms with E-state index >= 15 is 0 Å². The molecule has 1 aromatic carbocycles. The van der Waals surface area contributed by atoms with Crippen LogP contribution in [0.3, 0.4) is 0 Å². The highest BCUT2D eigenvalue weighted by molar-refractivity contribution is 5.88. The van der Waals surface area contributed by atoms with Crippen molar-refractivity contribution in [1.29, 1.82) is 0 Å². The average molecular weight is 368 g/mol. The molecule has 1 atom stereocenters. The number of carboxylic acid groups (broad SMARTS) is 1. The first kappa shape index (κ1) is 18.6. The second kappa shape index (κ2) is 7.61. The summed E-state index contributed by atoms with van der Waals surface area (Å²) in [6, 6.07) is 9.22. The van der Waals surface area contributed by atoms with Crippen LogP contribution in [0.1, 0.15) is 33.2 Å². The number of para-hydroxylation sites is 1. The molecule has 0 bridgehead atoms. The third-order valence-corrected chi connectivity index (χ3v) is 4.43. The van der Waals surface area contributed by atoms with Gasteiger partial charge in [-0.1, -0.05) is 25.1 Å². The average Bonchev–Trinajstić information content (AvgIpc) is 3.09. The molecular weight excluding hydrogens is 344 g/mol. The van der Waals surface area contributed by atoms with E-state index in [1.54, 1.807) is 13.3 Å². The Morgan fingerprint density at radius 2 is 1.96 bits per heavy atom. The second-order valence-corrected chi connectivity index (χ2v) is 6.63. The fourth-order valence-corrected chi connectivity index (χ4v) is 2.85. The standard InChI is InChI=1S/C19H24N6O2/c1-5-14(18(26)27)21-19-22-16(24(4)13-9-7-6-8-10-13)15-17(23-19)25(11-20-15)12(2)3/h6-12,14H,5H2,1-4H3,(H,26,27)(H,21,22,23)/t14-/m1/s1. The fourth-order valence-electron chi connectivity index (χ4n) is 2.85. The molecule has 8 nitrogen and oxygen atoms in total. The van der Waals surface area contributed by atoms with Gasteiger partial charge in [0.2, 0.25) is 5.95 Å². The van der Waals surface area contributed by atoms with E-state index in [-0.39, 0.29) is 12.0 Å². The Morgan fingerprint density at radius 3 is 2.56 bits per heavy atom. The number of aromatic nitrogens is 4. The normalized spacial score (nSPS) is 12.3. The number of rotatable bonds is 7. The summed E-state index contributed by atoms with van der Waals surface area (Å²) >= 11 is 0. The third kappa shape index (κ3) is 3.69. The Morgan fingerprint density at radius 1 is 1.26 bits per heavy atom. The van der Waals surface area contributed by atoms with Crippen molar-refractivity contribution in [3.8, 4) is 0 Å². The van der Waals surface area contributed by atoms with Gasteiger partial charge in [0.15, 0.2) is 17.0 Å². The summed E-state index contributed by atoms with van der Waals surface area (Å²) in [5.41, 5.74) is 2.29. The molecule has 0 aliphatic carbocycles. The van der Waals surface area contributed by atoms with E-state index in [1.807, 2.05) is 60.7 Å². The van der Waals surface area contributed by atoms with Gasteiger partial charge in [-0.25, -0.2) is 9.78 Å². The molecule has 3 aromatic rings. The Bertz CT molecular complexity index is 938. The number of carbonyl (C=O) groups is 1. The predicted molar refractivity (Wildman–Crippen MR) is 106 cm³/mol. The summed E-state index contributed by atoms with van der Waals surface area (Å²) in [5.74, 6) is -0.0400. The van der Waals surface area contributed by atoms with E-state index in [9.17, 15) is 9.90 Å². The molecule has 2 aromatic heterocycles. The lowest BCUT2D eigenvalue weighted by Crippen LogP contribution is -2.29.